The van der Waals surface area contributed by atoms with Crippen molar-refractivity contribution in [3.8, 4) is 0 Å². The van der Waals surface area contributed by atoms with E-state index in [9.17, 15) is 4.79 Å². The normalized spacial score (nSPS) is 14.2. The van der Waals surface area contributed by atoms with Crippen LogP contribution in [0.4, 0.5) is 0 Å². The molecule has 0 spiro atoms. The molecule has 7 heteroatoms. The second-order valence-electron chi connectivity index (χ2n) is 5.40. The lowest BCUT2D eigenvalue weighted by Crippen LogP contribution is -2.40. The van der Waals surface area contributed by atoms with Crippen molar-refractivity contribution in [2.24, 2.45) is 10.9 Å². The quantitative estimate of drug-likeness (QED) is 0.203. The highest BCUT2D eigenvalue weighted by Crippen LogP contribution is 2.28. The monoisotopic (exact) mass is 426 g/mol. The molecule has 1 rings (SSSR count). The van der Waals surface area contributed by atoms with Crippen LogP contribution in [0.3, 0.4) is 0 Å². The highest BCUT2D eigenvalue weighted by Gasteiger charge is 2.20. The molecule has 1 saturated carbocycles. The molecule has 0 saturated heterocycles. The molecule has 0 aromatic rings. The van der Waals surface area contributed by atoms with Crippen molar-refractivity contribution >= 4 is 35.8 Å². The molecule has 0 atom stereocenters. The van der Waals surface area contributed by atoms with Gasteiger partial charge in [0.25, 0.3) is 0 Å². The number of nitrogens with one attached hydrogen (secondary N) is 3. The Bertz CT molecular complexity index is 323. The van der Waals surface area contributed by atoms with Crippen molar-refractivity contribution in [1.82, 2.24) is 16.0 Å². The number of halogens is 1. The highest BCUT2D eigenvalue weighted by molar-refractivity contribution is 14.0. The zero-order chi connectivity index (χ0) is 15.3. The van der Waals surface area contributed by atoms with E-state index >= 15 is 0 Å². The number of ether oxygens (including phenoxy) is 1. The minimum atomic E-state index is 0. The standard InChI is InChI=1S/C15H30N4O2.HI/c1-3-8-17-14(20)7-10-19-15(16-2)18-9-4-11-21-12-13-5-6-13;/h13H,3-12H2,1-2H3,(H,17,20)(H2,16,18,19);1H. The Labute approximate surface area is 151 Å². The number of amides is 1. The second kappa shape index (κ2) is 14.0. The van der Waals surface area contributed by atoms with Crippen molar-refractivity contribution in [2.45, 2.75) is 39.0 Å². The van der Waals surface area contributed by atoms with Crippen LogP contribution in [0.15, 0.2) is 4.99 Å². The summed E-state index contributed by atoms with van der Waals surface area (Å²) in [5.41, 5.74) is 0. The maximum atomic E-state index is 11.4. The van der Waals surface area contributed by atoms with Crippen LogP contribution in [0.2, 0.25) is 0 Å². The average Bonchev–Trinajstić information content (AvgIpc) is 3.30. The molecule has 1 fully saturated rings. The molecule has 0 aromatic carbocycles. The van der Waals surface area contributed by atoms with E-state index in [1.165, 1.54) is 12.8 Å². The van der Waals surface area contributed by atoms with Gasteiger partial charge in [-0.2, -0.15) is 0 Å². The molecular formula is C15H31IN4O2. The molecule has 1 amide bonds. The third-order valence-corrected chi connectivity index (χ3v) is 3.25. The van der Waals surface area contributed by atoms with E-state index in [2.05, 4.69) is 20.9 Å². The smallest absolute Gasteiger partial charge is 0.221 e. The third-order valence-electron chi connectivity index (χ3n) is 3.25. The van der Waals surface area contributed by atoms with E-state index in [1.807, 2.05) is 6.92 Å². The van der Waals surface area contributed by atoms with Crippen molar-refractivity contribution < 1.29 is 9.53 Å². The van der Waals surface area contributed by atoms with Crippen molar-refractivity contribution in [3.63, 3.8) is 0 Å². The highest BCUT2D eigenvalue weighted by atomic mass is 127. The molecule has 6 nitrogen and oxygen atoms in total. The van der Waals surface area contributed by atoms with Gasteiger partial charge in [-0.25, -0.2) is 0 Å². The number of nitrogens with zero attached hydrogens (tertiary/aromatic N) is 1. The molecule has 1 aliphatic carbocycles. The minimum absolute atomic E-state index is 0. The first-order valence-electron chi connectivity index (χ1n) is 8.05. The second-order valence-corrected chi connectivity index (χ2v) is 5.40. The van der Waals surface area contributed by atoms with Crippen molar-refractivity contribution in [3.05, 3.63) is 0 Å². The fourth-order valence-electron chi connectivity index (χ4n) is 1.78. The number of guanidine groups is 1. The van der Waals surface area contributed by atoms with Crippen molar-refractivity contribution in [2.75, 3.05) is 39.9 Å². The topological polar surface area (TPSA) is 74.8 Å². The Morgan fingerprint density at radius 3 is 2.55 bits per heavy atom. The molecule has 3 N–H and O–H groups in total. The molecule has 0 aromatic heterocycles. The zero-order valence-electron chi connectivity index (χ0n) is 13.8. The Morgan fingerprint density at radius 2 is 1.91 bits per heavy atom. The Hall–Kier alpha value is -0.570. The molecule has 0 unspecified atom stereocenters. The molecule has 0 aliphatic heterocycles. The summed E-state index contributed by atoms with van der Waals surface area (Å²) in [6.07, 6.45) is 5.06. The van der Waals surface area contributed by atoms with Crippen LogP contribution in [0.1, 0.15) is 39.0 Å². The predicted molar refractivity (Wildman–Crippen MR) is 101 cm³/mol. The summed E-state index contributed by atoms with van der Waals surface area (Å²) in [6, 6.07) is 0. The van der Waals surface area contributed by atoms with Gasteiger partial charge in [0, 0.05) is 46.3 Å². The van der Waals surface area contributed by atoms with Crippen LogP contribution in [-0.4, -0.2) is 51.8 Å². The van der Waals surface area contributed by atoms with Gasteiger partial charge in [-0.05, 0) is 31.6 Å². The summed E-state index contributed by atoms with van der Waals surface area (Å²) in [7, 11) is 1.73. The summed E-state index contributed by atoms with van der Waals surface area (Å²) in [5.74, 6) is 1.64. The number of carbonyl (C=O) groups excluding carboxylic acids is 1. The number of carbonyl (C=O) groups is 1. The van der Waals surface area contributed by atoms with E-state index < -0.39 is 0 Å². The lowest BCUT2D eigenvalue weighted by atomic mass is 10.4. The fourth-order valence-corrected chi connectivity index (χ4v) is 1.78. The fraction of sp³-hybridized carbons (Fsp3) is 0.867. The molecule has 0 bridgehead atoms. The Balaban J connectivity index is 0.00000441. The summed E-state index contributed by atoms with van der Waals surface area (Å²) in [5, 5.41) is 9.20. The van der Waals surface area contributed by atoms with Gasteiger partial charge in [-0.3, -0.25) is 9.79 Å². The summed E-state index contributed by atoms with van der Waals surface area (Å²) >= 11 is 0. The van der Waals surface area contributed by atoms with Gasteiger partial charge >= 0.3 is 0 Å². The van der Waals surface area contributed by atoms with Crippen LogP contribution in [0.5, 0.6) is 0 Å². The molecular weight excluding hydrogens is 395 g/mol. The average molecular weight is 426 g/mol. The van der Waals surface area contributed by atoms with Crippen LogP contribution >= 0.6 is 24.0 Å². The molecule has 22 heavy (non-hydrogen) atoms. The van der Waals surface area contributed by atoms with Crippen LogP contribution in [0.25, 0.3) is 0 Å². The lowest BCUT2D eigenvalue weighted by molar-refractivity contribution is -0.120. The first-order valence-corrected chi connectivity index (χ1v) is 8.05. The van der Waals surface area contributed by atoms with Gasteiger partial charge in [0.2, 0.25) is 5.91 Å². The SMILES string of the molecule is CCCNC(=O)CCNC(=NC)NCCCOCC1CC1.I. The molecule has 0 radical (unpaired) electrons. The zero-order valence-corrected chi connectivity index (χ0v) is 16.2. The number of hydrogen-bond acceptors (Lipinski definition) is 3. The van der Waals surface area contributed by atoms with E-state index in [4.69, 9.17) is 4.74 Å². The number of aliphatic imine (C=N–C) groups is 1. The van der Waals surface area contributed by atoms with Gasteiger partial charge in [-0.15, -0.1) is 24.0 Å². The van der Waals surface area contributed by atoms with Gasteiger partial charge < -0.3 is 20.7 Å². The maximum Gasteiger partial charge on any atom is 0.221 e. The van der Waals surface area contributed by atoms with Crippen molar-refractivity contribution in [1.29, 1.82) is 0 Å². The first-order chi connectivity index (χ1) is 10.3. The number of hydrogen-bond donors (Lipinski definition) is 3. The van der Waals surface area contributed by atoms with Gasteiger partial charge in [-0.1, -0.05) is 6.92 Å². The van der Waals surface area contributed by atoms with E-state index in [0.717, 1.165) is 51.0 Å². The third kappa shape index (κ3) is 12.0. The molecule has 1 aliphatic rings. The Morgan fingerprint density at radius 1 is 1.18 bits per heavy atom. The van der Waals surface area contributed by atoms with E-state index in [0.29, 0.717) is 13.0 Å². The van der Waals surface area contributed by atoms with Crippen LogP contribution in [0, 0.1) is 5.92 Å². The minimum Gasteiger partial charge on any atom is -0.381 e. The predicted octanol–water partition coefficient (Wildman–Crippen LogP) is 1.50. The lowest BCUT2D eigenvalue weighted by Gasteiger charge is -2.12. The Kier molecular flexibility index (Phi) is 13.7. The summed E-state index contributed by atoms with van der Waals surface area (Å²) in [4.78, 5) is 15.6. The van der Waals surface area contributed by atoms with Crippen LogP contribution in [-0.2, 0) is 9.53 Å². The summed E-state index contributed by atoms with van der Waals surface area (Å²) in [6.45, 7) is 5.91. The van der Waals surface area contributed by atoms with Gasteiger partial charge in [0.1, 0.15) is 0 Å². The largest absolute Gasteiger partial charge is 0.381 e. The van der Waals surface area contributed by atoms with Gasteiger partial charge in [0.05, 0.1) is 0 Å². The van der Waals surface area contributed by atoms with E-state index in [1.54, 1.807) is 7.05 Å². The number of rotatable bonds is 11. The van der Waals surface area contributed by atoms with Crippen LogP contribution < -0.4 is 16.0 Å². The molecule has 0 heterocycles. The van der Waals surface area contributed by atoms with Gasteiger partial charge in [0.15, 0.2) is 5.96 Å². The first kappa shape index (κ1) is 21.4. The maximum absolute atomic E-state index is 11.4. The summed E-state index contributed by atoms with van der Waals surface area (Å²) < 4.78 is 5.57. The molecule has 130 valence electrons. The van der Waals surface area contributed by atoms with E-state index in [-0.39, 0.29) is 29.9 Å².